The highest BCUT2D eigenvalue weighted by Gasteiger charge is 2.21. The first-order chi connectivity index (χ1) is 9.42. The van der Waals surface area contributed by atoms with E-state index in [0.717, 1.165) is 18.1 Å². The van der Waals surface area contributed by atoms with Crippen molar-refractivity contribution in [2.45, 2.75) is 0 Å². The van der Waals surface area contributed by atoms with Gasteiger partial charge in [-0.25, -0.2) is 0 Å². The predicted octanol–water partition coefficient (Wildman–Crippen LogP) is 3.44. The van der Waals surface area contributed by atoms with E-state index in [1.165, 1.54) is 22.0 Å². The van der Waals surface area contributed by atoms with E-state index in [9.17, 15) is 0 Å². The lowest BCUT2D eigenvalue weighted by Gasteiger charge is -2.29. The Morgan fingerprint density at radius 1 is 1.26 bits per heavy atom. The molecule has 0 atom stereocenters. The van der Waals surface area contributed by atoms with Crippen molar-refractivity contribution in [2.75, 3.05) is 12.3 Å². The number of H-pyrrole nitrogens is 1. The summed E-state index contributed by atoms with van der Waals surface area (Å²) >= 11 is 1.65. The summed E-state index contributed by atoms with van der Waals surface area (Å²) in [6, 6.07) is 8.61. The quantitative estimate of drug-likeness (QED) is 0.802. The molecule has 4 heteroatoms. The van der Waals surface area contributed by atoms with Crippen LogP contribution in [0.4, 0.5) is 0 Å². The van der Waals surface area contributed by atoms with Gasteiger partial charge in [0.1, 0.15) is 5.84 Å². The number of fused-ring (bicyclic) bond motifs is 2. The zero-order valence-corrected chi connectivity index (χ0v) is 11.2. The van der Waals surface area contributed by atoms with E-state index in [1.54, 1.807) is 11.9 Å². The van der Waals surface area contributed by atoms with Gasteiger partial charge in [0.15, 0.2) is 0 Å². The maximum atomic E-state index is 4.61. The maximum Gasteiger partial charge on any atom is 0.148 e. The Labute approximate surface area is 115 Å². The van der Waals surface area contributed by atoms with Crippen LogP contribution in [0.5, 0.6) is 0 Å². The van der Waals surface area contributed by atoms with Gasteiger partial charge in [-0.1, -0.05) is 12.1 Å². The van der Waals surface area contributed by atoms with Gasteiger partial charge in [-0.05, 0) is 47.2 Å². The van der Waals surface area contributed by atoms with Crippen LogP contribution >= 0.6 is 11.9 Å². The number of nitrogens with one attached hydrogen (secondary N) is 1. The predicted molar refractivity (Wildman–Crippen MR) is 82.0 cm³/mol. The molecule has 3 heterocycles. The molecule has 0 saturated heterocycles. The highest BCUT2D eigenvalue weighted by molar-refractivity contribution is 7.98. The zero-order valence-electron chi connectivity index (χ0n) is 10.3. The molecule has 0 spiro atoms. The van der Waals surface area contributed by atoms with Gasteiger partial charge >= 0.3 is 0 Å². The molecule has 0 aliphatic carbocycles. The lowest BCUT2D eigenvalue weighted by Crippen LogP contribution is -2.32. The van der Waals surface area contributed by atoms with E-state index < -0.39 is 0 Å². The lowest BCUT2D eigenvalue weighted by atomic mass is 10.0. The second-order valence-corrected chi connectivity index (χ2v) is 5.49. The summed E-state index contributed by atoms with van der Waals surface area (Å²) in [7, 11) is 0. The monoisotopic (exact) mass is 267 g/mol. The number of aromatic amines is 1. The van der Waals surface area contributed by atoms with Crippen molar-refractivity contribution >= 4 is 34.3 Å². The minimum absolute atomic E-state index is 1.03. The number of allylic oxidation sites excluding steroid dienone is 2. The number of hydrogen-bond acceptors (Lipinski definition) is 3. The molecule has 2 aliphatic rings. The van der Waals surface area contributed by atoms with Crippen molar-refractivity contribution in [3.8, 4) is 0 Å². The third-order valence-electron chi connectivity index (χ3n) is 3.48. The molecule has 2 aliphatic heterocycles. The number of rotatable bonds is 1. The third kappa shape index (κ3) is 1.79. The fourth-order valence-electron chi connectivity index (χ4n) is 2.51. The van der Waals surface area contributed by atoms with E-state index in [2.05, 4.69) is 56.9 Å². The molecule has 0 unspecified atom stereocenters. The standard InChI is InChI=1S/C15H13N3S/c1-2-13(15-17-19-9-8-18(15)7-1)12-4-3-11-5-6-16-14(11)10-12/h1-7,10,16H,8-9H2. The van der Waals surface area contributed by atoms with Gasteiger partial charge in [0, 0.05) is 35.8 Å². The molecule has 4 rings (SSSR count). The van der Waals surface area contributed by atoms with Crippen LogP contribution in [-0.4, -0.2) is 28.0 Å². The molecule has 1 aromatic heterocycles. The number of aromatic nitrogens is 1. The molecule has 0 amide bonds. The highest BCUT2D eigenvalue weighted by Crippen LogP contribution is 2.28. The van der Waals surface area contributed by atoms with Crippen LogP contribution in [0.25, 0.3) is 16.5 Å². The van der Waals surface area contributed by atoms with Crippen LogP contribution in [0.3, 0.4) is 0 Å². The Morgan fingerprint density at radius 2 is 2.26 bits per heavy atom. The normalized spacial score (nSPS) is 18.2. The molecule has 1 aromatic carbocycles. The van der Waals surface area contributed by atoms with Crippen molar-refractivity contribution in [1.82, 2.24) is 9.88 Å². The summed E-state index contributed by atoms with van der Waals surface area (Å²) < 4.78 is 4.61. The molecule has 94 valence electrons. The summed E-state index contributed by atoms with van der Waals surface area (Å²) in [4.78, 5) is 5.49. The summed E-state index contributed by atoms with van der Waals surface area (Å²) in [5.74, 6) is 2.13. The van der Waals surface area contributed by atoms with Crippen LogP contribution in [-0.2, 0) is 0 Å². The van der Waals surface area contributed by atoms with Crippen molar-refractivity contribution in [3.63, 3.8) is 0 Å². The van der Waals surface area contributed by atoms with E-state index in [4.69, 9.17) is 0 Å². The summed E-state index contributed by atoms with van der Waals surface area (Å²) in [5.41, 5.74) is 3.58. The average molecular weight is 267 g/mol. The zero-order chi connectivity index (χ0) is 12.7. The van der Waals surface area contributed by atoms with Gasteiger partial charge in [-0.3, -0.25) is 0 Å². The van der Waals surface area contributed by atoms with Gasteiger partial charge < -0.3 is 9.88 Å². The van der Waals surface area contributed by atoms with Crippen molar-refractivity contribution in [3.05, 3.63) is 54.4 Å². The molecule has 3 nitrogen and oxygen atoms in total. The Morgan fingerprint density at radius 3 is 3.26 bits per heavy atom. The number of hydrogen-bond donors (Lipinski definition) is 1. The van der Waals surface area contributed by atoms with Crippen molar-refractivity contribution in [2.24, 2.45) is 4.40 Å². The first-order valence-corrected chi connectivity index (χ1v) is 7.29. The fourth-order valence-corrected chi connectivity index (χ4v) is 3.21. The van der Waals surface area contributed by atoms with E-state index >= 15 is 0 Å². The van der Waals surface area contributed by atoms with Crippen LogP contribution in [0, 0.1) is 0 Å². The fraction of sp³-hybridized carbons (Fsp3) is 0.133. The van der Waals surface area contributed by atoms with E-state index in [-0.39, 0.29) is 0 Å². The van der Waals surface area contributed by atoms with Gasteiger partial charge in [-0.2, -0.15) is 4.40 Å². The van der Waals surface area contributed by atoms with Crippen molar-refractivity contribution < 1.29 is 0 Å². The largest absolute Gasteiger partial charge is 0.361 e. The highest BCUT2D eigenvalue weighted by atomic mass is 32.2. The van der Waals surface area contributed by atoms with Gasteiger partial charge in [0.05, 0.1) is 0 Å². The Kier molecular flexibility index (Phi) is 2.48. The molecule has 0 saturated carbocycles. The summed E-state index contributed by atoms with van der Waals surface area (Å²) in [6.45, 7) is 1.03. The second kappa shape index (κ2) is 4.31. The summed E-state index contributed by atoms with van der Waals surface area (Å²) in [6.07, 6.45) is 8.33. The van der Waals surface area contributed by atoms with Crippen LogP contribution in [0.15, 0.2) is 53.2 Å². The Bertz CT molecular complexity index is 724. The van der Waals surface area contributed by atoms with Crippen LogP contribution in [0.1, 0.15) is 5.56 Å². The van der Waals surface area contributed by atoms with Crippen molar-refractivity contribution in [1.29, 1.82) is 0 Å². The molecule has 0 radical (unpaired) electrons. The summed E-state index contributed by atoms with van der Waals surface area (Å²) in [5, 5.41) is 1.24. The minimum Gasteiger partial charge on any atom is -0.361 e. The van der Waals surface area contributed by atoms with E-state index in [0.29, 0.717) is 0 Å². The van der Waals surface area contributed by atoms with Gasteiger partial charge in [-0.15, -0.1) is 0 Å². The molecular formula is C15H13N3S. The first-order valence-electron chi connectivity index (χ1n) is 6.35. The first kappa shape index (κ1) is 10.9. The number of amidine groups is 1. The number of benzene rings is 1. The third-order valence-corrected chi connectivity index (χ3v) is 4.15. The van der Waals surface area contributed by atoms with Gasteiger partial charge in [0.25, 0.3) is 0 Å². The molecule has 0 fully saturated rings. The molecular weight excluding hydrogens is 254 g/mol. The topological polar surface area (TPSA) is 31.4 Å². The van der Waals surface area contributed by atoms with E-state index in [1.807, 2.05) is 6.20 Å². The molecule has 2 aromatic rings. The maximum absolute atomic E-state index is 4.61. The minimum atomic E-state index is 1.03. The molecule has 0 bridgehead atoms. The number of nitrogens with zero attached hydrogens (tertiary/aromatic N) is 2. The molecule has 19 heavy (non-hydrogen) atoms. The molecule has 1 N–H and O–H groups in total. The van der Waals surface area contributed by atoms with Crippen LogP contribution < -0.4 is 0 Å². The average Bonchev–Trinajstić information content (AvgIpc) is 2.94. The van der Waals surface area contributed by atoms with Crippen LogP contribution in [0.2, 0.25) is 0 Å². The Balaban J connectivity index is 1.84. The second-order valence-electron chi connectivity index (χ2n) is 4.64. The SMILES string of the molecule is C1=CN2CCSN=C2C(c2ccc3cc[nH]c3c2)=C1. The lowest BCUT2D eigenvalue weighted by molar-refractivity contribution is 0.594. The Hall–Kier alpha value is -1.94. The van der Waals surface area contributed by atoms with Gasteiger partial charge in [0.2, 0.25) is 0 Å². The smallest absolute Gasteiger partial charge is 0.148 e.